The van der Waals surface area contributed by atoms with Crippen LogP contribution in [0.5, 0.6) is 5.75 Å². The Hall–Kier alpha value is -3.98. The van der Waals surface area contributed by atoms with Gasteiger partial charge in [0.15, 0.2) is 0 Å². The Morgan fingerprint density at radius 3 is 2.53 bits per heavy atom. The first-order valence-electron chi connectivity index (χ1n) is 9.48. The van der Waals surface area contributed by atoms with Gasteiger partial charge in [-0.1, -0.05) is 55.1 Å². The van der Waals surface area contributed by atoms with Gasteiger partial charge in [0.2, 0.25) is 5.88 Å². The van der Waals surface area contributed by atoms with Gasteiger partial charge in [-0.25, -0.2) is 4.79 Å². The molecule has 2 aromatic carbocycles. The molecule has 0 spiro atoms. The number of nitrogens with zero attached hydrogens (tertiary/aromatic N) is 1. The monoisotopic (exact) mass is 402 g/mol. The van der Waals surface area contributed by atoms with Crippen LogP contribution in [-0.2, 0) is 14.3 Å². The van der Waals surface area contributed by atoms with E-state index in [1.165, 1.54) is 0 Å². The fourth-order valence-corrected chi connectivity index (χ4v) is 3.23. The summed E-state index contributed by atoms with van der Waals surface area (Å²) >= 11 is 0. The van der Waals surface area contributed by atoms with Gasteiger partial charge in [0.05, 0.1) is 18.1 Å². The quantitative estimate of drug-likeness (QED) is 0.555. The minimum Gasteiger partial charge on any atom is -0.490 e. The van der Waals surface area contributed by atoms with Crippen molar-refractivity contribution in [1.29, 1.82) is 5.26 Å². The Balaban J connectivity index is 2.17. The predicted octanol–water partition coefficient (Wildman–Crippen LogP) is 4.03. The highest BCUT2D eigenvalue weighted by atomic mass is 16.5. The van der Waals surface area contributed by atoms with Crippen molar-refractivity contribution in [3.63, 3.8) is 0 Å². The zero-order valence-electron chi connectivity index (χ0n) is 16.6. The van der Waals surface area contributed by atoms with Crippen LogP contribution in [0.2, 0.25) is 0 Å². The van der Waals surface area contributed by atoms with Gasteiger partial charge in [-0.05, 0) is 24.6 Å². The minimum atomic E-state index is -0.730. The maximum atomic E-state index is 13.0. The average molecular weight is 402 g/mol. The SMILES string of the molecule is C=CCOc1ccc(C2C(C#N)=C(N)OC(c3ccccc3)=C2C(=O)OCC)cc1. The summed E-state index contributed by atoms with van der Waals surface area (Å²) in [6.07, 6.45) is 1.65. The van der Waals surface area contributed by atoms with Crippen molar-refractivity contribution in [2.45, 2.75) is 12.8 Å². The molecule has 0 radical (unpaired) electrons. The Kier molecular flexibility index (Phi) is 6.56. The van der Waals surface area contributed by atoms with E-state index in [9.17, 15) is 10.1 Å². The van der Waals surface area contributed by atoms with Crippen LogP contribution in [0.3, 0.4) is 0 Å². The molecule has 2 N–H and O–H groups in total. The summed E-state index contributed by atoms with van der Waals surface area (Å²) in [5.41, 5.74) is 7.83. The highest BCUT2D eigenvalue weighted by Crippen LogP contribution is 2.43. The number of nitrogens with two attached hydrogens (primary N) is 1. The molecule has 0 fully saturated rings. The molecule has 0 aromatic heterocycles. The molecular formula is C24H22N2O4. The maximum absolute atomic E-state index is 13.0. The molecule has 1 aliphatic rings. The molecule has 30 heavy (non-hydrogen) atoms. The van der Waals surface area contributed by atoms with Crippen molar-refractivity contribution < 1.29 is 19.0 Å². The molecule has 1 heterocycles. The van der Waals surface area contributed by atoms with Gasteiger partial charge in [0, 0.05) is 5.56 Å². The normalized spacial score (nSPS) is 15.8. The summed E-state index contributed by atoms with van der Waals surface area (Å²) in [6.45, 7) is 5.91. The lowest BCUT2D eigenvalue weighted by Gasteiger charge is -2.28. The van der Waals surface area contributed by atoms with Crippen molar-refractivity contribution >= 4 is 11.7 Å². The fourth-order valence-electron chi connectivity index (χ4n) is 3.23. The average Bonchev–Trinajstić information content (AvgIpc) is 2.78. The number of rotatable bonds is 7. The van der Waals surface area contributed by atoms with Crippen LogP contribution in [0.1, 0.15) is 24.0 Å². The highest BCUT2D eigenvalue weighted by molar-refractivity contribution is 5.99. The predicted molar refractivity (Wildman–Crippen MR) is 113 cm³/mol. The largest absolute Gasteiger partial charge is 0.490 e. The van der Waals surface area contributed by atoms with Crippen molar-refractivity contribution in [2.75, 3.05) is 13.2 Å². The summed E-state index contributed by atoms with van der Waals surface area (Å²) in [7, 11) is 0. The summed E-state index contributed by atoms with van der Waals surface area (Å²) in [6, 6.07) is 18.3. The second-order valence-corrected chi connectivity index (χ2v) is 6.42. The molecule has 152 valence electrons. The highest BCUT2D eigenvalue weighted by Gasteiger charge is 2.38. The molecule has 0 aliphatic carbocycles. The van der Waals surface area contributed by atoms with Crippen molar-refractivity contribution in [2.24, 2.45) is 5.73 Å². The molecule has 1 atom stereocenters. The summed E-state index contributed by atoms with van der Waals surface area (Å²) < 4.78 is 16.6. The smallest absolute Gasteiger partial charge is 0.338 e. The minimum absolute atomic E-state index is 0.0404. The van der Waals surface area contributed by atoms with Crippen LogP contribution in [-0.4, -0.2) is 19.2 Å². The zero-order valence-corrected chi connectivity index (χ0v) is 16.6. The Morgan fingerprint density at radius 2 is 1.93 bits per heavy atom. The first-order valence-corrected chi connectivity index (χ1v) is 9.48. The first kappa shape index (κ1) is 20.7. The number of hydrogen-bond donors (Lipinski definition) is 1. The van der Waals surface area contributed by atoms with Gasteiger partial charge in [0.1, 0.15) is 29.8 Å². The lowest BCUT2D eigenvalue weighted by Crippen LogP contribution is -2.25. The molecule has 1 unspecified atom stereocenters. The summed E-state index contributed by atoms with van der Waals surface area (Å²) in [4.78, 5) is 13.0. The Bertz CT molecular complexity index is 1030. The second-order valence-electron chi connectivity index (χ2n) is 6.42. The van der Waals surface area contributed by atoms with Crippen LogP contribution in [0.15, 0.2) is 84.3 Å². The molecule has 0 saturated heterocycles. The van der Waals surface area contributed by atoms with Gasteiger partial charge in [-0.3, -0.25) is 0 Å². The van der Waals surface area contributed by atoms with Gasteiger partial charge in [-0.2, -0.15) is 5.26 Å². The number of carbonyl (C=O) groups is 1. The van der Waals surface area contributed by atoms with Gasteiger partial charge >= 0.3 is 5.97 Å². The van der Waals surface area contributed by atoms with Crippen molar-refractivity contribution in [1.82, 2.24) is 0 Å². The number of carbonyl (C=O) groups excluding carboxylic acids is 1. The molecule has 1 aliphatic heterocycles. The Labute approximate surface area is 175 Å². The first-order chi connectivity index (χ1) is 14.6. The van der Waals surface area contributed by atoms with E-state index in [0.29, 0.717) is 23.5 Å². The fraction of sp³-hybridized carbons (Fsp3) is 0.167. The maximum Gasteiger partial charge on any atom is 0.338 e. The third-order valence-corrected chi connectivity index (χ3v) is 4.53. The van der Waals surface area contributed by atoms with E-state index in [4.69, 9.17) is 19.9 Å². The van der Waals surface area contributed by atoms with Crippen LogP contribution in [0.4, 0.5) is 0 Å². The third kappa shape index (κ3) is 4.20. The van der Waals surface area contributed by atoms with E-state index < -0.39 is 11.9 Å². The third-order valence-electron chi connectivity index (χ3n) is 4.53. The van der Waals surface area contributed by atoms with Crippen LogP contribution in [0, 0.1) is 11.3 Å². The van der Waals surface area contributed by atoms with Crippen LogP contribution < -0.4 is 10.5 Å². The topological polar surface area (TPSA) is 94.6 Å². The van der Waals surface area contributed by atoms with E-state index in [-0.39, 0.29) is 29.4 Å². The van der Waals surface area contributed by atoms with E-state index in [1.54, 1.807) is 37.3 Å². The standard InChI is InChI=1S/C24H22N2O4/c1-3-14-29-18-12-10-16(11-13-18)20-19(15-25)23(26)30-22(17-8-6-5-7-9-17)21(20)24(27)28-4-2/h3,5-13,20H,1,4,14,26H2,2H3. The van der Waals surface area contributed by atoms with E-state index in [1.807, 2.05) is 30.3 Å². The summed E-state index contributed by atoms with van der Waals surface area (Å²) in [5.74, 6) is -0.407. The van der Waals surface area contributed by atoms with E-state index in [2.05, 4.69) is 12.6 Å². The Morgan fingerprint density at radius 1 is 1.23 bits per heavy atom. The lowest BCUT2D eigenvalue weighted by atomic mass is 9.82. The second kappa shape index (κ2) is 9.48. The molecule has 6 nitrogen and oxygen atoms in total. The molecule has 6 heteroatoms. The molecule has 2 aromatic rings. The van der Waals surface area contributed by atoms with Crippen LogP contribution in [0.25, 0.3) is 5.76 Å². The molecule has 0 saturated carbocycles. The van der Waals surface area contributed by atoms with Gasteiger partial charge < -0.3 is 19.9 Å². The number of hydrogen-bond acceptors (Lipinski definition) is 6. The van der Waals surface area contributed by atoms with Crippen LogP contribution >= 0.6 is 0 Å². The van der Waals surface area contributed by atoms with Crippen molar-refractivity contribution in [3.8, 4) is 11.8 Å². The number of benzene rings is 2. The van der Waals surface area contributed by atoms with Gasteiger partial charge in [-0.15, -0.1) is 0 Å². The summed E-state index contributed by atoms with van der Waals surface area (Å²) in [5, 5.41) is 9.77. The number of ether oxygens (including phenoxy) is 3. The molecule has 3 rings (SSSR count). The number of allylic oxidation sites excluding steroid dienone is 1. The molecular weight excluding hydrogens is 380 g/mol. The number of nitriles is 1. The zero-order chi connectivity index (χ0) is 21.5. The van der Waals surface area contributed by atoms with Gasteiger partial charge in [0.25, 0.3) is 0 Å². The van der Waals surface area contributed by atoms with E-state index in [0.717, 1.165) is 0 Å². The molecule has 0 amide bonds. The van der Waals surface area contributed by atoms with E-state index >= 15 is 0 Å². The van der Waals surface area contributed by atoms with Crippen molar-refractivity contribution in [3.05, 3.63) is 95.4 Å². The molecule has 0 bridgehead atoms. The lowest BCUT2D eigenvalue weighted by molar-refractivity contribution is -0.138. The number of esters is 1.